The van der Waals surface area contributed by atoms with Gasteiger partial charge in [-0.3, -0.25) is 0 Å². The maximum Gasteiger partial charge on any atom is 0.136 e. The zero-order valence-corrected chi connectivity index (χ0v) is 8.54. The van der Waals surface area contributed by atoms with E-state index >= 15 is 0 Å². The van der Waals surface area contributed by atoms with Crippen molar-refractivity contribution in [3.8, 4) is 12.3 Å². The highest BCUT2D eigenvalue weighted by molar-refractivity contribution is 5.24. The summed E-state index contributed by atoms with van der Waals surface area (Å²) < 4.78 is 0. The summed E-state index contributed by atoms with van der Waals surface area (Å²) in [5.74, 6) is 2.59. The average Bonchev–Trinajstić information content (AvgIpc) is 2.11. The molecule has 13 heavy (non-hydrogen) atoms. The van der Waals surface area contributed by atoms with Crippen molar-refractivity contribution in [1.29, 1.82) is 0 Å². The summed E-state index contributed by atoms with van der Waals surface area (Å²) in [5, 5.41) is 18.2. The summed E-state index contributed by atoms with van der Waals surface area (Å²) in [6.07, 6.45) is 4.88. The molecule has 2 nitrogen and oxygen atoms in total. The van der Waals surface area contributed by atoms with Gasteiger partial charge in [-0.2, -0.15) is 0 Å². The van der Waals surface area contributed by atoms with Gasteiger partial charge in [0.05, 0.1) is 0 Å². The molecular formula is C11H18O2. The van der Waals surface area contributed by atoms with Crippen molar-refractivity contribution < 1.29 is 10.2 Å². The Balaban J connectivity index is 4.76. The number of aliphatic hydroxyl groups excluding tert-OH is 2. The van der Waals surface area contributed by atoms with Gasteiger partial charge in [0, 0.05) is 6.61 Å². The van der Waals surface area contributed by atoms with Gasteiger partial charge in [0.15, 0.2) is 0 Å². The quantitative estimate of drug-likeness (QED) is 0.509. The Kier molecular flexibility index (Phi) is 5.45. The molecule has 0 saturated carbocycles. The highest BCUT2D eigenvalue weighted by atomic mass is 16.3. The van der Waals surface area contributed by atoms with E-state index in [0.717, 1.165) is 11.1 Å². The number of hydrogen-bond donors (Lipinski definition) is 2. The van der Waals surface area contributed by atoms with E-state index < -0.39 is 6.10 Å². The largest absolute Gasteiger partial charge is 0.396 e. The van der Waals surface area contributed by atoms with Crippen LogP contribution in [0.15, 0.2) is 11.1 Å². The molecule has 0 radical (unpaired) electrons. The van der Waals surface area contributed by atoms with E-state index in [9.17, 15) is 5.11 Å². The van der Waals surface area contributed by atoms with Crippen molar-refractivity contribution in [2.24, 2.45) is 5.92 Å². The predicted molar refractivity (Wildman–Crippen MR) is 54.1 cm³/mol. The van der Waals surface area contributed by atoms with Crippen LogP contribution in [0.1, 0.15) is 27.2 Å². The molecule has 0 aromatic carbocycles. The van der Waals surface area contributed by atoms with Gasteiger partial charge in [0.1, 0.15) is 6.10 Å². The molecule has 0 amide bonds. The van der Waals surface area contributed by atoms with E-state index in [-0.39, 0.29) is 6.61 Å². The van der Waals surface area contributed by atoms with Crippen LogP contribution in [0.5, 0.6) is 0 Å². The topological polar surface area (TPSA) is 40.5 Å². The predicted octanol–water partition coefficient (Wildman–Crippen LogP) is 1.34. The summed E-state index contributed by atoms with van der Waals surface area (Å²) >= 11 is 0. The molecule has 0 aromatic rings. The molecule has 0 aliphatic carbocycles. The maximum atomic E-state index is 9.40. The van der Waals surface area contributed by atoms with Crippen LogP contribution in [-0.4, -0.2) is 22.9 Å². The third kappa shape index (κ3) is 3.63. The highest BCUT2D eigenvalue weighted by Crippen LogP contribution is 2.20. The summed E-state index contributed by atoms with van der Waals surface area (Å²) in [6, 6.07) is 0. The fourth-order valence-corrected chi connectivity index (χ4v) is 1.36. The van der Waals surface area contributed by atoms with Crippen LogP contribution in [0, 0.1) is 18.3 Å². The van der Waals surface area contributed by atoms with Crippen molar-refractivity contribution in [1.82, 2.24) is 0 Å². The third-order valence-corrected chi connectivity index (χ3v) is 2.15. The maximum absolute atomic E-state index is 9.40. The van der Waals surface area contributed by atoms with E-state index in [1.807, 2.05) is 20.8 Å². The first-order valence-corrected chi connectivity index (χ1v) is 4.49. The van der Waals surface area contributed by atoms with Gasteiger partial charge in [0.2, 0.25) is 0 Å². The Morgan fingerprint density at radius 3 is 2.31 bits per heavy atom. The lowest BCUT2D eigenvalue weighted by molar-refractivity contribution is 0.261. The standard InChI is InChI=1S/C11H18O2/c1-5-11(13)9(4)10(6-7-12)8(2)3/h1,8,11-13H,6-7H2,2-4H3/b10-9+. The van der Waals surface area contributed by atoms with Crippen LogP contribution in [0.4, 0.5) is 0 Å². The van der Waals surface area contributed by atoms with Crippen LogP contribution < -0.4 is 0 Å². The number of hydrogen-bond acceptors (Lipinski definition) is 2. The second-order valence-electron chi connectivity index (χ2n) is 3.41. The van der Waals surface area contributed by atoms with Crippen LogP contribution in [0.3, 0.4) is 0 Å². The lowest BCUT2D eigenvalue weighted by Crippen LogP contribution is -2.11. The van der Waals surface area contributed by atoms with E-state index in [1.54, 1.807) is 0 Å². The highest BCUT2D eigenvalue weighted by Gasteiger charge is 2.11. The van der Waals surface area contributed by atoms with Gasteiger partial charge in [-0.05, 0) is 24.8 Å². The molecule has 0 aromatic heterocycles. The number of terminal acetylenes is 1. The molecule has 74 valence electrons. The molecule has 0 rings (SSSR count). The second kappa shape index (κ2) is 5.80. The summed E-state index contributed by atoms with van der Waals surface area (Å²) in [6.45, 7) is 5.97. The first-order valence-electron chi connectivity index (χ1n) is 4.49. The Labute approximate surface area is 80.3 Å². The van der Waals surface area contributed by atoms with Crippen molar-refractivity contribution in [3.63, 3.8) is 0 Å². The van der Waals surface area contributed by atoms with Crippen LogP contribution >= 0.6 is 0 Å². The van der Waals surface area contributed by atoms with Gasteiger partial charge in [0.25, 0.3) is 0 Å². The Morgan fingerprint density at radius 2 is 2.00 bits per heavy atom. The van der Waals surface area contributed by atoms with Crippen LogP contribution in [0.25, 0.3) is 0 Å². The van der Waals surface area contributed by atoms with Crippen LogP contribution in [-0.2, 0) is 0 Å². The molecule has 1 atom stereocenters. The fourth-order valence-electron chi connectivity index (χ4n) is 1.36. The van der Waals surface area contributed by atoms with E-state index in [4.69, 9.17) is 11.5 Å². The van der Waals surface area contributed by atoms with E-state index in [2.05, 4.69) is 5.92 Å². The molecule has 0 heterocycles. The molecule has 2 N–H and O–H groups in total. The zero-order chi connectivity index (χ0) is 10.4. The molecule has 2 heteroatoms. The molecule has 0 spiro atoms. The Bertz CT molecular complexity index is 221. The molecule has 0 aliphatic rings. The van der Waals surface area contributed by atoms with Crippen LogP contribution in [0.2, 0.25) is 0 Å². The summed E-state index contributed by atoms with van der Waals surface area (Å²) in [4.78, 5) is 0. The molecule has 0 saturated heterocycles. The first-order chi connectivity index (χ1) is 6.04. The molecule has 0 fully saturated rings. The fraction of sp³-hybridized carbons (Fsp3) is 0.636. The normalized spacial score (nSPS) is 15.2. The molecule has 1 unspecified atom stereocenters. The minimum atomic E-state index is -0.816. The van der Waals surface area contributed by atoms with Gasteiger partial charge >= 0.3 is 0 Å². The Hall–Kier alpha value is -0.780. The summed E-state index contributed by atoms with van der Waals surface area (Å²) in [7, 11) is 0. The van der Waals surface area contributed by atoms with Crippen molar-refractivity contribution in [2.45, 2.75) is 33.3 Å². The van der Waals surface area contributed by atoms with Gasteiger partial charge < -0.3 is 10.2 Å². The molecular weight excluding hydrogens is 164 g/mol. The number of aliphatic hydroxyl groups is 2. The summed E-state index contributed by atoms with van der Waals surface area (Å²) in [5.41, 5.74) is 1.85. The SMILES string of the molecule is C#CC(O)/C(C)=C(\CCO)C(C)C. The second-order valence-corrected chi connectivity index (χ2v) is 3.41. The first kappa shape index (κ1) is 12.2. The molecule has 0 aliphatic heterocycles. The zero-order valence-electron chi connectivity index (χ0n) is 8.54. The Morgan fingerprint density at radius 1 is 1.46 bits per heavy atom. The van der Waals surface area contributed by atoms with Crippen molar-refractivity contribution in [2.75, 3.05) is 6.61 Å². The van der Waals surface area contributed by atoms with Gasteiger partial charge in [-0.25, -0.2) is 0 Å². The van der Waals surface area contributed by atoms with E-state index in [0.29, 0.717) is 12.3 Å². The molecule has 0 bridgehead atoms. The average molecular weight is 182 g/mol. The van der Waals surface area contributed by atoms with Gasteiger partial charge in [-0.15, -0.1) is 6.42 Å². The van der Waals surface area contributed by atoms with Crippen molar-refractivity contribution >= 4 is 0 Å². The minimum absolute atomic E-state index is 0.0993. The van der Waals surface area contributed by atoms with Crippen molar-refractivity contribution in [3.05, 3.63) is 11.1 Å². The lowest BCUT2D eigenvalue weighted by Gasteiger charge is -2.16. The number of rotatable bonds is 4. The van der Waals surface area contributed by atoms with Gasteiger partial charge in [-0.1, -0.05) is 25.3 Å². The lowest BCUT2D eigenvalue weighted by atomic mass is 9.93. The third-order valence-electron chi connectivity index (χ3n) is 2.15. The monoisotopic (exact) mass is 182 g/mol. The minimum Gasteiger partial charge on any atom is -0.396 e. The smallest absolute Gasteiger partial charge is 0.136 e. The van der Waals surface area contributed by atoms with E-state index in [1.165, 1.54) is 0 Å².